The van der Waals surface area contributed by atoms with Gasteiger partial charge in [-0.3, -0.25) is 4.79 Å². The van der Waals surface area contributed by atoms with Crippen LogP contribution in [0, 0.1) is 0 Å². The molecule has 0 saturated carbocycles. The summed E-state index contributed by atoms with van der Waals surface area (Å²) in [5, 5.41) is 2.90. The van der Waals surface area contributed by atoms with Crippen molar-refractivity contribution in [3.05, 3.63) is 0 Å². The van der Waals surface area contributed by atoms with Crippen molar-refractivity contribution in [3.63, 3.8) is 0 Å². The fourth-order valence-electron chi connectivity index (χ4n) is 0.699. The number of nitrogens with one attached hydrogen (secondary N) is 1. The molecule has 1 N–H and O–H groups in total. The number of hydrogen-bond donors (Lipinski definition) is 1. The van der Waals surface area contributed by atoms with Crippen LogP contribution in [-0.2, 0) is 4.79 Å². The second-order valence-electron chi connectivity index (χ2n) is 3.77. The third kappa shape index (κ3) is 5.16. The fraction of sp³-hybridized carbons (Fsp3) is 0.889. The standard InChI is InChI=1S/C9H20N2OS/c1-9(2,13-5)8(12)10-6-7-11(3)4/h6-7H2,1-5H3,(H,10,12). The van der Waals surface area contributed by atoms with Gasteiger partial charge in [0.25, 0.3) is 0 Å². The van der Waals surface area contributed by atoms with E-state index >= 15 is 0 Å². The van der Waals surface area contributed by atoms with Crippen LogP contribution in [0.1, 0.15) is 13.8 Å². The van der Waals surface area contributed by atoms with Crippen LogP contribution in [0.5, 0.6) is 0 Å². The summed E-state index contributed by atoms with van der Waals surface area (Å²) >= 11 is 1.57. The lowest BCUT2D eigenvalue weighted by atomic mass is 10.2. The number of likely N-dealkylation sites (N-methyl/N-ethyl adjacent to an activating group) is 1. The topological polar surface area (TPSA) is 32.3 Å². The summed E-state index contributed by atoms with van der Waals surface area (Å²) in [4.78, 5) is 13.6. The van der Waals surface area contributed by atoms with Gasteiger partial charge in [-0.05, 0) is 34.2 Å². The lowest BCUT2D eigenvalue weighted by Crippen LogP contribution is -2.42. The predicted molar refractivity (Wildman–Crippen MR) is 59.2 cm³/mol. The lowest BCUT2D eigenvalue weighted by molar-refractivity contribution is -0.122. The molecule has 13 heavy (non-hydrogen) atoms. The van der Waals surface area contributed by atoms with E-state index in [2.05, 4.69) is 5.32 Å². The number of thioether (sulfide) groups is 1. The maximum Gasteiger partial charge on any atom is 0.235 e. The highest BCUT2D eigenvalue weighted by Gasteiger charge is 2.25. The molecule has 78 valence electrons. The van der Waals surface area contributed by atoms with Gasteiger partial charge in [-0.25, -0.2) is 0 Å². The van der Waals surface area contributed by atoms with Crippen molar-refractivity contribution in [2.24, 2.45) is 0 Å². The summed E-state index contributed by atoms with van der Waals surface area (Å²) in [6.07, 6.45) is 1.95. The first-order valence-electron chi connectivity index (χ1n) is 4.38. The van der Waals surface area contributed by atoms with E-state index in [0.717, 1.165) is 13.1 Å². The number of hydrogen-bond acceptors (Lipinski definition) is 3. The average molecular weight is 204 g/mol. The van der Waals surface area contributed by atoms with E-state index < -0.39 is 0 Å². The molecule has 0 atom stereocenters. The molecule has 0 heterocycles. The summed E-state index contributed by atoms with van der Waals surface area (Å²) in [7, 11) is 3.98. The van der Waals surface area contributed by atoms with E-state index in [1.165, 1.54) is 0 Å². The molecule has 0 fully saturated rings. The zero-order chi connectivity index (χ0) is 10.5. The molecular formula is C9H20N2OS. The minimum absolute atomic E-state index is 0.113. The first kappa shape index (κ1) is 12.8. The van der Waals surface area contributed by atoms with Gasteiger partial charge in [-0.15, -0.1) is 11.8 Å². The Morgan fingerprint density at radius 1 is 1.46 bits per heavy atom. The highest BCUT2D eigenvalue weighted by atomic mass is 32.2. The van der Waals surface area contributed by atoms with Gasteiger partial charge in [-0.2, -0.15) is 0 Å². The summed E-state index contributed by atoms with van der Waals surface area (Å²) in [5.41, 5.74) is 0. The molecule has 0 aromatic carbocycles. The van der Waals surface area contributed by atoms with Gasteiger partial charge in [0, 0.05) is 13.1 Å². The molecule has 0 radical (unpaired) electrons. The highest BCUT2D eigenvalue weighted by molar-refractivity contribution is 8.00. The first-order chi connectivity index (χ1) is 5.90. The monoisotopic (exact) mass is 204 g/mol. The van der Waals surface area contributed by atoms with E-state index in [4.69, 9.17) is 0 Å². The molecule has 0 aliphatic heterocycles. The fourth-order valence-corrected chi connectivity index (χ4v) is 0.956. The molecule has 3 nitrogen and oxygen atoms in total. The van der Waals surface area contributed by atoms with Crippen LogP contribution in [0.4, 0.5) is 0 Å². The van der Waals surface area contributed by atoms with Crippen LogP contribution in [0.25, 0.3) is 0 Å². The zero-order valence-corrected chi connectivity index (χ0v) is 9.99. The highest BCUT2D eigenvalue weighted by Crippen LogP contribution is 2.20. The lowest BCUT2D eigenvalue weighted by Gasteiger charge is -2.21. The van der Waals surface area contributed by atoms with Gasteiger partial charge in [0.05, 0.1) is 4.75 Å². The molecular weight excluding hydrogens is 184 g/mol. The van der Waals surface area contributed by atoms with Crippen molar-refractivity contribution < 1.29 is 4.79 Å². The zero-order valence-electron chi connectivity index (χ0n) is 9.18. The summed E-state index contributed by atoms with van der Waals surface area (Å²) in [5.74, 6) is 0.113. The number of amides is 1. The second kappa shape index (κ2) is 5.50. The minimum atomic E-state index is -0.313. The molecule has 0 rings (SSSR count). The molecule has 0 spiro atoms. The smallest absolute Gasteiger partial charge is 0.235 e. The Balaban J connectivity index is 3.75. The molecule has 1 amide bonds. The molecule has 4 heteroatoms. The SMILES string of the molecule is CSC(C)(C)C(=O)NCCN(C)C. The number of rotatable bonds is 5. The van der Waals surface area contributed by atoms with Gasteiger partial charge in [0.2, 0.25) is 5.91 Å². The number of carbonyl (C=O) groups excluding carboxylic acids is 1. The molecule has 0 saturated heterocycles. The first-order valence-corrected chi connectivity index (χ1v) is 5.61. The van der Waals surface area contributed by atoms with E-state index in [-0.39, 0.29) is 10.7 Å². The summed E-state index contributed by atoms with van der Waals surface area (Å²) < 4.78 is -0.313. The van der Waals surface area contributed by atoms with Crippen molar-refractivity contribution in [1.29, 1.82) is 0 Å². The summed E-state index contributed by atoms with van der Waals surface area (Å²) in [6.45, 7) is 5.47. The van der Waals surface area contributed by atoms with Gasteiger partial charge in [-0.1, -0.05) is 0 Å². The maximum atomic E-state index is 11.5. The normalized spacial score (nSPS) is 11.8. The quantitative estimate of drug-likeness (QED) is 0.719. The Morgan fingerprint density at radius 3 is 2.38 bits per heavy atom. The van der Waals surface area contributed by atoms with Crippen LogP contribution < -0.4 is 5.32 Å². The van der Waals surface area contributed by atoms with E-state index in [0.29, 0.717) is 0 Å². The van der Waals surface area contributed by atoms with Gasteiger partial charge in [0.1, 0.15) is 0 Å². The van der Waals surface area contributed by atoms with Crippen molar-refractivity contribution in [2.75, 3.05) is 33.4 Å². The Kier molecular flexibility index (Phi) is 5.40. The van der Waals surface area contributed by atoms with Crippen molar-refractivity contribution in [1.82, 2.24) is 10.2 Å². The Labute approximate surface area is 85.3 Å². The predicted octanol–water partition coefficient (Wildman–Crippen LogP) is 0.806. The molecule has 0 bridgehead atoms. The molecule has 0 unspecified atom stereocenters. The third-order valence-electron chi connectivity index (χ3n) is 1.90. The van der Waals surface area contributed by atoms with Gasteiger partial charge >= 0.3 is 0 Å². The second-order valence-corrected chi connectivity index (χ2v) is 5.20. The van der Waals surface area contributed by atoms with Crippen LogP contribution in [0.3, 0.4) is 0 Å². The third-order valence-corrected chi connectivity index (χ3v) is 3.11. The van der Waals surface area contributed by atoms with E-state index in [1.54, 1.807) is 11.8 Å². The summed E-state index contributed by atoms with van der Waals surface area (Å²) in [6, 6.07) is 0. The van der Waals surface area contributed by atoms with E-state index in [9.17, 15) is 4.79 Å². The van der Waals surface area contributed by atoms with Crippen LogP contribution in [0.2, 0.25) is 0 Å². The van der Waals surface area contributed by atoms with Crippen LogP contribution in [-0.4, -0.2) is 49.0 Å². The Bertz CT molecular complexity index is 169. The Hall–Kier alpha value is -0.220. The minimum Gasteiger partial charge on any atom is -0.354 e. The average Bonchev–Trinajstić information content (AvgIpc) is 2.03. The number of carbonyl (C=O) groups is 1. The molecule has 0 aliphatic rings. The Morgan fingerprint density at radius 2 is 2.00 bits per heavy atom. The van der Waals surface area contributed by atoms with Crippen LogP contribution in [0.15, 0.2) is 0 Å². The van der Waals surface area contributed by atoms with Gasteiger partial charge in [0.15, 0.2) is 0 Å². The molecule has 0 aromatic rings. The molecule has 0 aliphatic carbocycles. The number of nitrogens with zero attached hydrogens (tertiary/aromatic N) is 1. The van der Waals surface area contributed by atoms with Crippen molar-refractivity contribution in [3.8, 4) is 0 Å². The van der Waals surface area contributed by atoms with Crippen molar-refractivity contribution >= 4 is 17.7 Å². The van der Waals surface area contributed by atoms with Gasteiger partial charge < -0.3 is 10.2 Å². The maximum absolute atomic E-state index is 11.5. The van der Waals surface area contributed by atoms with Crippen LogP contribution >= 0.6 is 11.8 Å². The molecule has 0 aromatic heterocycles. The van der Waals surface area contributed by atoms with E-state index in [1.807, 2.05) is 39.1 Å². The largest absolute Gasteiger partial charge is 0.354 e. The van der Waals surface area contributed by atoms with Crippen molar-refractivity contribution in [2.45, 2.75) is 18.6 Å².